The third kappa shape index (κ3) is 2.13. The molecule has 0 radical (unpaired) electrons. The quantitative estimate of drug-likeness (QED) is 0.496. The molecule has 0 aliphatic heterocycles. The van der Waals surface area contributed by atoms with Crippen molar-refractivity contribution in [1.29, 1.82) is 0 Å². The van der Waals surface area contributed by atoms with Gasteiger partial charge >= 0.3 is 0 Å². The molecule has 0 aromatic carbocycles. The van der Waals surface area contributed by atoms with Crippen LogP contribution in [-0.4, -0.2) is 32.7 Å². The summed E-state index contributed by atoms with van der Waals surface area (Å²) in [6.07, 6.45) is 1.43. The molecule has 0 amide bonds. The van der Waals surface area contributed by atoms with Crippen molar-refractivity contribution in [3.05, 3.63) is 0 Å². The van der Waals surface area contributed by atoms with E-state index in [1.54, 1.807) is 0 Å². The van der Waals surface area contributed by atoms with E-state index in [1.165, 1.54) is 7.05 Å². The first-order chi connectivity index (χ1) is 5.04. The Morgan fingerprint density at radius 2 is 2.09 bits per heavy atom. The summed E-state index contributed by atoms with van der Waals surface area (Å²) in [6.45, 7) is -0.131. The topological polar surface area (TPSA) is 78.4 Å². The molecular weight excluding hydrogens is 168 g/mol. The molecule has 1 aliphatic rings. The van der Waals surface area contributed by atoms with E-state index in [0.29, 0.717) is 12.8 Å². The molecule has 0 heterocycles. The van der Waals surface area contributed by atoms with Gasteiger partial charge in [-0.3, -0.25) is 0 Å². The van der Waals surface area contributed by atoms with E-state index in [-0.39, 0.29) is 6.61 Å². The summed E-state index contributed by atoms with van der Waals surface area (Å²) in [7, 11) is -2.06. The number of aliphatic hydroxyl groups excluding tert-OH is 1. The lowest BCUT2D eigenvalue weighted by Gasteiger charge is -2.12. The maximum atomic E-state index is 10.9. The van der Waals surface area contributed by atoms with Crippen LogP contribution in [0.3, 0.4) is 0 Å². The largest absolute Gasteiger partial charge is 0.394 e. The fourth-order valence-electron chi connectivity index (χ4n) is 0.779. The minimum absolute atomic E-state index is 0.131. The Morgan fingerprint density at radius 3 is 2.36 bits per heavy atom. The summed E-state index contributed by atoms with van der Waals surface area (Å²) < 4.78 is 26.2. The number of aliphatic hydroxyl groups is 1. The molecule has 1 aliphatic carbocycles. The lowest BCUT2D eigenvalue weighted by molar-refractivity contribution is 0.246. The van der Waals surface area contributed by atoms with E-state index in [4.69, 9.17) is 5.11 Å². The highest BCUT2D eigenvalue weighted by atomic mass is 32.2. The Bertz CT molecular complexity index is 232. The van der Waals surface area contributed by atoms with Crippen molar-refractivity contribution < 1.29 is 13.5 Å². The van der Waals surface area contributed by atoms with Crippen LogP contribution in [0.5, 0.6) is 0 Å². The molecule has 6 heteroatoms. The molecule has 0 aromatic rings. The smallest absolute Gasteiger partial charge is 0.277 e. The second kappa shape index (κ2) is 2.71. The number of rotatable bonds is 4. The highest BCUT2D eigenvalue weighted by molar-refractivity contribution is 7.87. The molecule has 0 spiro atoms. The van der Waals surface area contributed by atoms with Crippen molar-refractivity contribution >= 4 is 10.2 Å². The van der Waals surface area contributed by atoms with Crippen molar-refractivity contribution in [1.82, 2.24) is 9.44 Å². The van der Waals surface area contributed by atoms with Gasteiger partial charge in [0, 0.05) is 7.05 Å². The Kier molecular flexibility index (Phi) is 2.19. The highest BCUT2D eigenvalue weighted by Crippen LogP contribution is 2.34. The number of hydrogen-bond acceptors (Lipinski definition) is 3. The van der Waals surface area contributed by atoms with Gasteiger partial charge in [-0.1, -0.05) is 0 Å². The van der Waals surface area contributed by atoms with Gasteiger partial charge in [-0.2, -0.15) is 13.1 Å². The summed E-state index contributed by atoms with van der Waals surface area (Å²) in [4.78, 5) is 0. The standard InChI is InChI=1S/C5H12N2O3S/c1-6-11(9,10)7-5(4-8)2-3-5/h6-8H,2-4H2,1H3. The summed E-state index contributed by atoms with van der Waals surface area (Å²) in [6, 6.07) is 0. The molecule has 0 aromatic heterocycles. The molecule has 0 bridgehead atoms. The van der Waals surface area contributed by atoms with Gasteiger partial charge in [0.05, 0.1) is 12.1 Å². The van der Waals surface area contributed by atoms with Crippen LogP contribution in [0.15, 0.2) is 0 Å². The van der Waals surface area contributed by atoms with Gasteiger partial charge in [0.15, 0.2) is 0 Å². The molecule has 11 heavy (non-hydrogen) atoms. The first-order valence-electron chi connectivity index (χ1n) is 3.37. The second-order valence-electron chi connectivity index (χ2n) is 2.75. The van der Waals surface area contributed by atoms with Crippen LogP contribution < -0.4 is 9.44 Å². The SMILES string of the molecule is CNS(=O)(=O)NC1(CO)CC1. The molecule has 0 unspecified atom stereocenters. The molecule has 0 atom stereocenters. The van der Waals surface area contributed by atoms with Crippen molar-refractivity contribution in [2.75, 3.05) is 13.7 Å². The summed E-state index contributed by atoms with van der Waals surface area (Å²) >= 11 is 0. The van der Waals surface area contributed by atoms with Crippen LogP contribution in [0.25, 0.3) is 0 Å². The number of nitrogens with one attached hydrogen (secondary N) is 2. The minimum atomic E-state index is -3.39. The zero-order valence-electron chi connectivity index (χ0n) is 6.29. The zero-order chi connectivity index (χ0) is 8.54. The Hall–Kier alpha value is -0.170. The molecule has 1 fully saturated rings. The normalized spacial score (nSPS) is 21.6. The van der Waals surface area contributed by atoms with Crippen molar-refractivity contribution in [2.45, 2.75) is 18.4 Å². The summed E-state index contributed by atoms with van der Waals surface area (Å²) in [5.41, 5.74) is -0.568. The molecule has 3 N–H and O–H groups in total. The summed E-state index contributed by atoms with van der Waals surface area (Å²) in [5.74, 6) is 0. The van der Waals surface area contributed by atoms with Crippen LogP contribution >= 0.6 is 0 Å². The molecule has 1 saturated carbocycles. The molecule has 1 rings (SSSR count). The van der Waals surface area contributed by atoms with Gasteiger partial charge in [0.2, 0.25) is 0 Å². The maximum absolute atomic E-state index is 10.9. The maximum Gasteiger partial charge on any atom is 0.277 e. The van der Waals surface area contributed by atoms with Crippen molar-refractivity contribution in [2.24, 2.45) is 0 Å². The van der Waals surface area contributed by atoms with Gasteiger partial charge < -0.3 is 5.11 Å². The third-order valence-electron chi connectivity index (χ3n) is 1.78. The average Bonchev–Trinajstić information content (AvgIpc) is 2.69. The monoisotopic (exact) mass is 180 g/mol. The van der Waals surface area contributed by atoms with Crippen molar-refractivity contribution in [3.8, 4) is 0 Å². The molecule has 0 saturated heterocycles. The Labute approximate surface area is 66.0 Å². The highest BCUT2D eigenvalue weighted by Gasteiger charge is 2.44. The second-order valence-corrected chi connectivity index (χ2v) is 4.37. The predicted molar refractivity (Wildman–Crippen MR) is 40.2 cm³/mol. The van der Waals surface area contributed by atoms with Crippen molar-refractivity contribution in [3.63, 3.8) is 0 Å². The van der Waals surface area contributed by atoms with Crippen LogP contribution in [0.4, 0.5) is 0 Å². The lowest BCUT2D eigenvalue weighted by atomic mass is 10.3. The van der Waals surface area contributed by atoms with Gasteiger partial charge in [-0.05, 0) is 12.8 Å². The van der Waals surface area contributed by atoms with Gasteiger partial charge in [0.1, 0.15) is 0 Å². The first kappa shape index (κ1) is 8.92. The van der Waals surface area contributed by atoms with Crippen LogP contribution in [-0.2, 0) is 10.2 Å². The van der Waals surface area contributed by atoms with E-state index in [1.807, 2.05) is 0 Å². The van der Waals surface area contributed by atoms with Crippen LogP contribution in [0, 0.1) is 0 Å². The van der Waals surface area contributed by atoms with Gasteiger partial charge in [0.25, 0.3) is 10.2 Å². The number of hydrogen-bond donors (Lipinski definition) is 3. The Morgan fingerprint density at radius 1 is 1.55 bits per heavy atom. The Balaban J connectivity index is 2.55. The van der Waals surface area contributed by atoms with Gasteiger partial charge in [-0.25, -0.2) is 4.72 Å². The first-order valence-corrected chi connectivity index (χ1v) is 4.85. The van der Waals surface area contributed by atoms with E-state index in [0.717, 1.165) is 0 Å². The molecule has 66 valence electrons. The van der Waals surface area contributed by atoms with E-state index >= 15 is 0 Å². The van der Waals surface area contributed by atoms with Crippen LogP contribution in [0.2, 0.25) is 0 Å². The lowest BCUT2D eigenvalue weighted by Crippen LogP contribution is -2.44. The van der Waals surface area contributed by atoms with E-state index in [9.17, 15) is 8.42 Å². The molecule has 5 nitrogen and oxygen atoms in total. The fraction of sp³-hybridized carbons (Fsp3) is 1.00. The summed E-state index contributed by atoms with van der Waals surface area (Å²) in [5, 5.41) is 8.76. The van der Waals surface area contributed by atoms with E-state index < -0.39 is 15.7 Å². The molecular formula is C5H12N2O3S. The van der Waals surface area contributed by atoms with Crippen LogP contribution in [0.1, 0.15) is 12.8 Å². The minimum Gasteiger partial charge on any atom is -0.394 e. The fourth-order valence-corrected chi connectivity index (χ4v) is 1.72. The zero-order valence-corrected chi connectivity index (χ0v) is 7.11. The predicted octanol–water partition coefficient (Wildman–Crippen LogP) is -1.43. The third-order valence-corrected chi connectivity index (χ3v) is 3.02. The van der Waals surface area contributed by atoms with Gasteiger partial charge in [-0.15, -0.1) is 0 Å². The van der Waals surface area contributed by atoms with E-state index in [2.05, 4.69) is 9.44 Å². The average molecular weight is 180 g/mol.